The first-order chi connectivity index (χ1) is 14.6. The van der Waals surface area contributed by atoms with Crippen molar-refractivity contribution in [3.8, 4) is 23.1 Å². The molecular formula is C22H24FIN4O3. The molecule has 0 atom stereocenters. The van der Waals surface area contributed by atoms with E-state index in [1.165, 1.54) is 12.1 Å². The third-order valence-corrected chi connectivity index (χ3v) is 4.16. The van der Waals surface area contributed by atoms with Crippen LogP contribution in [0.15, 0.2) is 65.8 Å². The molecule has 31 heavy (non-hydrogen) atoms. The maximum atomic E-state index is 13.0. The Morgan fingerprint density at radius 2 is 1.74 bits per heavy atom. The molecule has 0 amide bonds. The normalized spacial score (nSPS) is 10.6. The molecule has 3 rings (SSSR count). The van der Waals surface area contributed by atoms with Crippen LogP contribution in [0.4, 0.5) is 10.1 Å². The zero-order chi connectivity index (χ0) is 21.3. The number of guanidine groups is 1. The molecule has 0 saturated carbocycles. The Bertz CT molecular complexity index is 999. The van der Waals surface area contributed by atoms with Crippen LogP contribution in [0.5, 0.6) is 23.1 Å². The van der Waals surface area contributed by atoms with Crippen molar-refractivity contribution in [2.45, 2.75) is 6.54 Å². The van der Waals surface area contributed by atoms with Crippen LogP contribution in [0.3, 0.4) is 0 Å². The number of methoxy groups -OCH3 is 2. The van der Waals surface area contributed by atoms with Gasteiger partial charge in [-0.25, -0.2) is 9.37 Å². The molecule has 2 N–H and O–H groups in total. The van der Waals surface area contributed by atoms with Gasteiger partial charge in [0.1, 0.15) is 11.6 Å². The number of rotatable bonds is 7. The van der Waals surface area contributed by atoms with Gasteiger partial charge in [-0.1, -0.05) is 6.07 Å². The number of benzene rings is 2. The Kier molecular flexibility index (Phi) is 9.32. The van der Waals surface area contributed by atoms with Crippen LogP contribution in [0, 0.1) is 5.82 Å². The van der Waals surface area contributed by atoms with Gasteiger partial charge in [-0.3, -0.25) is 4.99 Å². The highest BCUT2D eigenvalue weighted by molar-refractivity contribution is 14.0. The zero-order valence-electron chi connectivity index (χ0n) is 17.4. The largest absolute Gasteiger partial charge is 0.493 e. The number of aliphatic imine (C=N–C) groups is 1. The number of anilines is 1. The molecule has 164 valence electrons. The molecule has 0 saturated heterocycles. The summed E-state index contributed by atoms with van der Waals surface area (Å²) in [5.74, 6) is 2.51. The summed E-state index contributed by atoms with van der Waals surface area (Å²) >= 11 is 0. The average molecular weight is 538 g/mol. The molecule has 0 unspecified atom stereocenters. The lowest BCUT2D eigenvalue weighted by atomic mass is 10.2. The summed E-state index contributed by atoms with van der Waals surface area (Å²) < 4.78 is 29.1. The molecule has 1 heterocycles. The lowest BCUT2D eigenvalue weighted by molar-refractivity contribution is 0.355. The van der Waals surface area contributed by atoms with E-state index in [1.807, 2.05) is 24.3 Å². The summed E-state index contributed by atoms with van der Waals surface area (Å²) in [6, 6.07) is 14.9. The minimum absolute atomic E-state index is 0. The van der Waals surface area contributed by atoms with Crippen LogP contribution in [0.25, 0.3) is 0 Å². The molecule has 7 nitrogen and oxygen atoms in total. The van der Waals surface area contributed by atoms with E-state index in [4.69, 9.17) is 14.2 Å². The van der Waals surface area contributed by atoms with Crippen molar-refractivity contribution >= 4 is 35.6 Å². The number of aromatic nitrogens is 1. The second-order valence-electron chi connectivity index (χ2n) is 6.18. The molecule has 0 radical (unpaired) electrons. The van der Waals surface area contributed by atoms with Crippen molar-refractivity contribution in [3.63, 3.8) is 0 Å². The van der Waals surface area contributed by atoms with E-state index < -0.39 is 0 Å². The molecule has 0 aliphatic carbocycles. The number of hydrogen-bond donors (Lipinski definition) is 2. The minimum Gasteiger partial charge on any atom is -0.493 e. The smallest absolute Gasteiger partial charge is 0.219 e. The van der Waals surface area contributed by atoms with Gasteiger partial charge in [0.15, 0.2) is 17.5 Å². The molecule has 0 spiro atoms. The van der Waals surface area contributed by atoms with E-state index in [1.54, 1.807) is 45.7 Å². The Balaban J connectivity index is 0.00000341. The van der Waals surface area contributed by atoms with Gasteiger partial charge in [0.25, 0.3) is 0 Å². The molecule has 9 heteroatoms. The van der Waals surface area contributed by atoms with Crippen LogP contribution < -0.4 is 24.8 Å². The molecule has 0 fully saturated rings. The summed E-state index contributed by atoms with van der Waals surface area (Å²) in [6.07, 6.45) is 1.70. The van der Waals surface area contributed by atoms with Gasteiger partial charge in [0.2, 0.25) is 5.88 Å². The van der Waals surface area contributed by atoms with Crippen molar-refractivity contribution in [3.05, 3.63) is 72.2 Å². The second kappa shape index (κ2) is 11.9. The van der Waals surface area contributed by atoms with Crippen molar-refractivity contribution in [1.29, 1.82) is 0 Å². The van der Waals surface area contributed by atoms with E-state index in [-0.39, 0.29) is 29.8 Å². The molecule has 1 aromatic heterocycles. The van der Waals surface area contributed by atoms with Crippen molar-refractivity contribution in [2.75, 3.05) is 26.6 Å². The molecule has 0 bridgehead atoms. The van der Waals surface area contributed by atoms with E-state index in [2.05, 4.69) is 20.6 Å². The van der Waals surface area contributed by atoms with Crippen LogP contribution >= 0.6 is 24.0 Å². The Hall–Kier alpha value is -3.08. The van der Waals surface area contributed by atoms with Gasteiger partial charge in [-0.05, 0) is 42.0 Å². The highest BCUT2D eigenvalue weighted by Gasteiger charge is 2.07. The van der Waals surface area contributed by atoms with Crippen LogP contribution in [-0.2, 0) is 6.54 Å². The fourth-order valence-electron chi connectivity index (χ4n) is 2.61. The van der Waals surface area contributed by atoms with Gasteiger partial charge in [0.05, 0.1) is 14.2 Å². The van der Waals surface area contributed by atoms with Gasteiger partial charge >= 0.3 is 0 Å². The zero-order valence-corrected chi connectivity index (χ0v) is 19.7. The van der Waals surface area contributed by atoms with E-state index in [0.717, 1.165) is 11.3 Å². The van der Waals surface area contributed by atoms with Crippen molar-refractivity contribution < 1.29 is 18.6 Å². The third kappa shape index (κ3) is 6.99. The quantitative estimate of drug-likeness (QED) is 0.255. The molecular weight excluding hydrogens is 514 g/mol. The summed E-state index contributed by atoms with van der Waals surface area (Å²) in [5, 5.41) is 6.42. The maximum Gasteiger partial charge on any atom is 0.219 e. The van der Waals surface area contributed by atoms with Gasteiger partial charge in [-0.2, -0.15) is 0 Å². The van der Waals surface area contributed by atoms with Gasteiger partial charge < -0.3 is 24.8 Å². The lowest BCUT2D eigenvalue weighted by Crippen LogP contribution is -2.30. The second-order valence-corrected chi connectivity index (χ2v) is 6.18. The number of pyridine rings is 1. The monoisotopic (exact) mass is 538 g/mol. The van der Waals surface area contributed by atoms with Gasteiger partial charge in [0, 0.05) is 37.6 Å². The molecule has 0 aliphatic heterocycles. The predicted octanol–water partition coefficient (Wildman–Crippen LogP) is 4.84. The van der Waals surface area contributed by atoms with Crippen molar-refractivity contribution in [2.24, 2.45) is 4.99 Å². The van der Waals surface area contributed by atoms with E-state index in [0.29, 0.717) is 35.6 Å². The summed E-state index contributed by atoms with van der Waals surface area (Å²) in [7, 11) is 4.87. The molecule has 0 aliphatic rings. The van der Waals surface area contributed by atoms with Crippen LogP contribution in [-0.4, -0.2) is 32.2 Å². The van der Waals surface area contributed by atoms with E-state index >= 15 is 0 Å². The molecule has 3 aromatic rings. The first kappa shape index (κ1) is 24.2. The Morgan fingerprint density at radius 1 is 1.00 bits per heavy atom. The summed E-state index contributed by atoms with van der Waals surface area (Å²) in [6.45, 7) is 0.511. The minimum atomic E-state index is -0.313. The van der Waals surface area contributed by atoms with Gasteiger partial charge in [-0.15, -0.1) is 24.0 Å². The number of nitrogens with one attached hydrogen (secondary N) is 2. The highest BCUT2D eigenvalue weighted by Crippen LogP contribution is 2.29. The third-order valence-electron chi connectivity index (χ3n) is 4.16. The number of ether oxygens (including phenoxy) is 3. The number of nitrogens with zero attached hydrogens (tertiary/aromatic N) is 2. The number of halogens is 2. The van der Waals surface area contributed by atoms with Crippen LogP contribution in [0.1, 0.15) is 5.56 Å². The number of hydrogen-bond acceptors (Lipinski definition) is 5. The first-order valence-corrected chi connectivity index (χ1v) is 9.19. The van der Waals surface area contributed by atoms with Crippen molar-refractivity contribution in [1.82, 2.24) is 10.3 Å². The highest BCUT2D eigenvalue weighted by atomic mass is 127. The standard InChI is InChI=1S/C22H23FN4O3.HI/c1-24-22(27-17-7-10-19(28-2)20(12-17)29-3)26-14-15-4-11-21(25-13-15)30-18-8-5-16(23)6-9-18;/h4-13H,14H2,1-3H3,(H2,24,26,27);1H. The van der Waals surface area contributed by atoms with Crippen LogP contribution in [0.2, 0.25) is 0 Å². The summed E-state index contributed by atoms with van der Waals surface area (Å²) in [4.78, 5) is 8.50. The summed E-state index contributed by atoms with van der Waals surface area (Å²) in [5.41, 5.74) is 1.75. The Morgan fingerprint density at radius 3 is 2.35 bits per heavy atom. The van der Waals surface area contributed by atoms with E-state index in [9.17, 15) is 4.39 Å². The maximum absolute atomic E-state index is 13.0. The first-order valence-electron chi connectivity index (χ1n) is 9.19. The predicted molar refractivity (Wildman–Crippen MR) is 129 cm³/mol. The SMILES string of the molecule is CN=C(NCc1ccc(Oc2ccc(F)cc2)nc1)Nc1ccc(OC)c(OC)c1.I. The fourth-order valence-corrected chi connectivity index (χ4v) is 2.61. The average Bonchev–Trinajstić information content (AvgIpc) is 2.79. The molecule has 2 aromatic carbocycles. The fraction of sp³-hybridized carbons (Fsp3) is 0.182. The lowest BCUT2D eigenvalue weighted by Gasteiger charge is -2.14. The Labute approximate surface area is 197 Å². The topological polar surface area (TPSA) is 77.0 Å².